The highest BCUT2D eigenvalue weighted by Gasteiger charge is 2.05. The molecule has 4 nitrogen and oxygen atoms in total. The number of amidine groups is 2. The van der Waals surface area contributed by atoms with Gasteiger partial charge in [-0.15, -0.1) is 48.0 Å². The van der Waals surface area contributed by atoms with Crippen LogP contribution in [0.15, 0.2) is 34.1 Å². The van der Waals surface area contributed by atoms with Crippen molar-refractivity contribution in [1.29, 1.82) is 10.8 Å². The fourth-order valence-electron chi connectivity index (χ4n) is 0.856. The summed E-state index contributed by atoms with van der Waals surface area (Å²) < 4.78 is 0. The molecule has 0 aromatic heterocycles. The number of thioether (sulfide) groups is 2. The summed E-state index contributed by atoms with van der Waals surface area (Å²) in [6.45, 7) is 0. The Bertz CT molecular complexity index is 338. The fraction of sp³-hybridized carbons (Fsp3) is 0. The Balaban J connectivity index is 0. The van der Waals surface area contributed by atoms with E-state index >= 15 is 0 Å². The molecular formula is C8H12I2N4S2. The van der Waals surface area contributed by atoms with Crippen LogP contribution in [0.3, 0.4) is 0 Å². The van der Waals surface area contributed by atoms with Gasteiger partial charge in [-0.1, -0.05) is 35.7 Å². The van der Waals surface area contributed by atoms with E-state index in [4.69, 9.17) is 22.3 Å². The lowest BCUT2D eigenvalue weighted by Gasteiger charge is -2.05. The third-order valence-electron chi connectivity index (χ3n) is 1.29. The molecule has 0 amide bonds. The van der Waals surface area contributed by atoms with E-state index in [1.807, 2.05) is 24.3 Å². The predicted molar refractivity (Wildman–Crippen MR) is 92.8 cm³/mol. The van der Waals surface area contributed by atoms with E-state index in [0.717, 1.165) is 33.3 Å². The largest absolute Gasteiger partial charge is 0.378 e. The van der Waals surface area contributed by atoms with Crippen LogP contribution < -0.4 is 11.5 Å². The third kappa shape index (κ3) is 6.81. The number of benzene rings is 1. The predicted octanol–water partition coefficient (Wildman–Crippen LogP) is 2.89. The Morgan fingerprint density at radius 1 is 0.875 bits per heavy atom. The average Bonchev–Trinajstić information content (AvgIpc) is 2.06. The molecule has 0 aliphatic rings. The summed E-state index contributed by atoms with van der Waals surface area (Å²) in [5, 5.41) is 14.4. The topological polar surface area (TPSA) is 99.7 Å². The summed E-state index contributed by atoms with van der Waals surface area (Å²) in [5.74, 6) is 0. The van der Waals surface area contributed by atoms with Crippen molar-refractivity contribution in [1.82, 2.24) is 0 Å². The van der Waals surface area contributed by atoms with Crippen LogP contribution in [0.5, 0.6) is 0 Å². The Morgan fingerprint density at radius 2 is 1.19 bits per heavy atom. The molecule has 6 N–H and O–H groups in total. The van der Waals surface area contributed by atoms with Gasteiger partial charge in [-0.25, -0.2) is 0 Å². The molecule has 0 atom stereocenters. The normalized spacial score (nSPS) is 8.50. The zero-order valence-electron chi connectivity index (χ0n) is 8.10. The van der Waals surface area contributed by atoms with Gasteiger partial charge < -0.3 is 11.5 Å². The molecule has 0 bridgehead atoms. The van der Waals surface area contributed by atoms with Crippen LogP contribution in [0.2, 0.25) is 0 Å². The van der Waals surface area contributed by atoms with Crippen LogP contribution in [0.25, 0.3) is 0 Å². The van der Waals surface area contributed by atoms with E-state index < -0.39 is 0 Å². The molecule has 0 saturated carbocycles. The average molecular weight is 482 g/mol. The minimum atomic E-state index is 0. The van der Waals surface area contributed by atoms with Crippen LogP contribution >= 0.6 is 71.5 Å². The first-order valence-electron chi connectivity index (χ1n) is 3.72. The van der Waals surface area contributed by atoms with E-state index in [0.29, 0.717) is 0 Å². The van der Waals surface area contributed by atoms with Gasteiger partial charge >= 0.3 is 0 Å². The first kappa shape index (κ1) is 18.7. The number of halogens is 2. The summed E-state index contributed by atoms with van der Waals surface area (Å²) in [6.07, 6.45) is 0. The minimum absolute atomic E-state index is 0. The molecular weight excluding hydrogens is 470 g/mol. The van der Waals surface area contributed by atoms with E-state index in [1.54, 1.807) is 0 Å². The molecule has 90 valence electrons. The van der Waals surface area contributed by atoms with Gasteiger partial charge in [-0.05, 0) is 12.1 Å². The Labute approximate surface area is 137 Å². The summed E-state index contributed by atoms with van der Waals surface area (Å²) in [7, 11) is 0. The number of hydrogen-bond donors (Lipinski definition) is 4. The van der Waals surface area contributed by atoms with Crippen LogP contribution in [0, 0.1) is 10.8 Å². The molecule has 8 heteroatoms. The zero-order chi connectivity index (χ0) is 10.6. The molecule has 16 heavy (non-hydrogen) atoms. The van der Waals surface area contributed by atoms with Gasteiger partial charge in [0.2, 0.25) is 0 Å². The molecule has 1 aromatic carbocycles. The number of nitrogens with two attached hydrogens (primary N) is 2. The minimum Gasteiger partial charge on any atom is -0.378 e. The molecule has 0 radical (unpaired) electrons. The van der Waals surface area contributed by atoms with Crippen molar-refractivity contribution in [2.24, 2.45) is 11.5 Å². The highest BCUT2D eigenvalue weighted by molar-refractivity contribution is 14.0. The molecule has 0 aliphatic carbocycles. The molecule has 0 saturated heterocycles. The maximum atomic E-state index is 7.16. The molecule has 0 heterocycles. The van der Waals surface area contributed by atoms with E-state index in [-0.39, 0.29) is 58.3 Å². The van der Waals surface area contributed by atoms with Gasteiger partial charge in [-0.3, -0.25) is 10.8 Å². The van der Waals surface area contributed by atoms with Gasteiger partial charge in [-0.2, -0.15) is 0 Å². The Morgan fingerprint density at radius 3 is 1.44 bits per heavy atom. The van der Waals surface area contributed by atoms with E-state index in [2.05, 4.69) is 0 Å². The van der Waals surface area contributed by atoms with Crippen molar-refractivity contribution in [3.8, 4) is 0 Å². The van der Waals surface area contributed by atoms with Crippen LogP contribution in [-0.4, -0.2) is 10.3 Å². The first-order chi connectivity index (χ1) is 6.59. The van der Waals surface area contributed by atoms with Crippen molar-refractivity contribution in [3.05, 3.63) is 24.3 Å². The summed E-state index contributed by atoms with van der Waals surface area (Å²) >= 11 is 2.31. The van der Waals surface area contributed by atoms with Gasteiger partial charge in [0.05, 0.1) is 0 Å². The standard InChI is InChI=1S/C8H10N4S2.2HI/c9-7(10)13-5-3-1-2-4-6(5)14-8(11)12;;/h1-4H,(H3,9,10)(H3,11,12);2*1H. The van der Waals surface area contributed by atoms with Crippen molar-refractivity contribution >= 4 is 81.8 Å². The second-order valence-electron chi connectivity index (χ2n) is 2.38. The van der Waals surface area contributed by atoms with Crippen molar-refractivity contribution in [2.45, 2.75) is 9.79 Å². The van der Waals surface area contributed by atoms with Crippen molar-refractivity contribution < 1.29 is 0 Å². The Kier molecular flexibility index (Phi) is 10.9. The lowest BCUT2D eigenvalue weighted by molar-refractivity contribution is 1.26. The summed E-state index contributed by atoms with van der Waals surface area (Å²) in [5.41, 5.74) is 10.6. The molecule has 0 unspecified atom stereocenters. The lowest BCUT2D eigenvalue weighted by Crippen LogP contribution is -2.05. The SMILES string of the molecule is I.I.N=C(N)Sc1ccccc1SC(=N)N. The van der Waals surface area contributed by atoms with E-state index in [1.165, 1.54) is 0 Å². The van der Waals surface area contributed by atoms with Gasteiger partial charge in [0.1, 0.15) is 0 Å². The zero-order valence-corrected chi connectivity index (χ0v) is 14.4. The third-order valence-corrected chi connectivity index (χ3v) is 3.01. The van der Waals surface area contributed by atoms with Gasteiger partial charge in [0, 0.05) is 9.79 Å². The van der Waals surface area contributed by atoms with Crippen molar-refractivity contribution in [2.75, 3.05) is 0 Å². The van der Waals surface area contributed by atoms with Gasteiger partial charge in [0.25, 0.3) is 0 Å². The molecule has 0 fully saturated rings. The lowest BCUT2D eigenvalue weighted by atomic mass is 10.4. The Hall–Kier alpha value is 0.320. The van der Waals surface area contributed by atoms with Crippen LogP contribution in [-0.2, 0) is 0 Å². The fourth-order valence-corrected chi connectivity index (χ4v) is 2.21. The first-order valence-corrected chi connectivity index (χ1v) is 5.35. The molecule has 0 aliphatic heterocycles. The monoisotopic (exact) mass is 482 g/mol. The van der Waals surface area contributed by atoms with Crippen molar-refractivity contribution in [3.63, 3.8) is 0 Å². The number of nitrogens with one attached hydrogen (secondary N) is 2. The molecule has 0 spiro atoms. The molecule has 1 aromatic rings. The molecule has 1 rings (SSSR count). The summed E-state index contributed by atoms with van der Waals surface area (Å²) in [4.78, 5) is 1.69. The van der Waals surface area contributed by atoms with Crippen LogP contribution in [0.4, 0.5) is 0 Å². The number of hydrogen-bond acceptors (Lipinski definition) is 4. The highest BCUT2D eigenvalue weighted by Crippen LogP contribution is 2.29. The highest BCUT2D eigenvalue weighted by atomic mass is 127. The maximum Gasteiger partial charge on any atom is 0.155 e. The maximum absolute atomic E-state index is 7.16. The number of rotatable bonds is 2. The van der Waals surface area contributed by atoms with E-state index in [9.17, 15) is 0 Å². The second-order valence-corrected chi connectivity index (χ2v) is 4.55. The quantitative estimate of drug-likeness (QED) is 0.226. The van der Waals surface area contributed by atoms with Crippen LogP contribution in [0.1, 0.15) is 0 Å². The second kappa shape index (κ2) is 9.36. The summed E-state index contributed by atoms with van der Waals surface area (Å²) in [6, 6.07) is 7.40. The smallest absolute Gasteiger partial charge is 0.155 e. The van der Waals surface area contributed by atoms with Gasteiger partial charge in [0.15, 0.2) is 10.3 Å².